The van der Waals surface area contributed by atoms with Gasteiger partial charge in [0, 0.05) is 26.3 Å². The van der Waals surface area contributed by atoms with Crippen LogP contribution in [0.25, 0.3) is 0 Å². The molecule has 0 aliphatic carbocycles. The number of nitrogens with zero attached hydrogens (tertiary/aromatic N) is 1. The average Bonchev–Trinajstić information content (AvgIpc) is 2.60. The quantitative estimate of drug-likeness (QED) is 0.264. The zero-order chi connectivity index (χ0) is 21.3. The first-order valence-corrected chi connectivity index (χ1v) is 8.12. The number of carbonyl (C=O) groups is 2. The Morgan fingerprint density at radius 1 is 1.29 bits per heavy atom. The van der Waals surface area contributed by atoms with E-state index >= 15 is 0 Å². The van der Waals surface area contributed by atoms with Gasteiger partial charge in [-0.25, -0.2) is 0 Å². The number of alkyl halides is 3. The lowest BCUT2D eigenvalue weighted by Crippen LogP contribution is -2.37. The van der Waals surface area contributed by atoms with Crippen molar-refractivity contribution in [2.24, 2.45) is 0 Å². The Kier molecular flexibility index (Phi) is 8.64. The van der Waals surface area contributed by atoms with Crippen molar-refractivity contribution in [2.75, 3.05) is 32.1 Å². The highest BCUT2D eigenvalue weighted by Crippen LogP contribution is 2.34. The van der Waals surface area contributed by atoms with Gasteiger partial charge in [0.2, 0.25) is 0 Å². The van der Waals surface area contributed by atoms with Crippen molar-refractivity contribution in [3.8, 4) is 0 Å². The molecule has 156 valence electrons. The van der Waals surface area contributed by atoms with Crippen LogP contribution >= 0.6 is 0 Å². The molecule has 0 radical (unpaired) electrons. The number of hydrogen-bond acceptors (Lipinski definition) is 7. The number of carbonyl (C=O) groups excluding carboxylic acids is 2. The average molecular weight is 407 g/mol. The van der Waals surface area contributed by atoms with Crippen molar-refractivity contribution in [1.29, 1.82) is 0 Å². The number of hydrogen-bond donors (Lipinski definition) is 2. The summed E-state index contributed by atoms with van der Waals surface area (Å²) < 4.78 is 47.7. The molecule has 1 aromatic rings. The van der Waals surface area contributed by atoms with Crippen molar-refractivity contribution >= 4 is 23.3 Å². The second kappa shape index (κ2) is 10.4. The number of halogens is 3. The SMILES string of the molecule is COCCNC(=O)[C@H](C)OC(=O)CCNc1ccc(C(F)(F)F)cc1[N+](=O)[O-]. The van der Waals surface area contributed by atoms with Crippen molar-refractivity contribution in [3.05, 3.63) is 33.9 Å². The predicted octanol–water partition coefficient (Wildman–Crippen LogP) is 2.11. The number of methoxy groups -OCH3 is 1. The van der Waals surface area contributed by atoms with Gasteiger partial charge in [0.15, 0.2) is 6.10 Å². The Morgan fingerprint density at radius 2 is 1.96 bits per heavy atom. The Bertz CT molecular complexity index is 711. The van der Waals surface area contributed by atoms with Gasteiger partial charge in [-0.1, -0.05) is 0 Å². The summed E-state index contributed by atoms with van der Waals surface area (Å²) in [4.78, 5) is 33.4. The van der Waals surface area contributed by atoms with Gasteiger partial charge in [-0.15, -0.1) is 0 Å². The molecule has 0 saturated heterocycles. The van der Waals surface area contributed by atoms with Crippen molar-refractivity contribution in [3.63, 3.8) is 0 Å². The Balaban J connectivity index is 2.57. The number of ether oxygens (including phenoxy) is 2. The second-order valence-electron chi connectivity index (χ2n) is 5.58. The van der Waals surface area contributed by atoms with E-state index in [9.17, 15) is 32.9 Å². The lowest BCUT2D eigenvalue weighted by Gasteiger charge is -2.14. The molecular formula is C16H20F3N3O6. The van der Waals surface area contributed by atoms with Crippen LogP contribution < -0.4 is 10.6 Å². The summed E-state index contributed by atoms with van der Waals surface area (Å²) in [6, 6.07) is 2.02. The van der Waals surface area contributed by atoms with Crippen LogP contribution in [0, 0.1) is 10.1 Å². The van der Waals surface area contributed by atoms with Crippen LogP contribution in [0.4, 0.5) is 24.5 Å². The van der Waals surface area contributed by atoms with Crippen LogP contribution in [0.3, 0.4) is 0 Å². The minimum absolute atomic E-state index is 0.136. The highest BCUT2D eigenvalue weighted by atomic mass is 19.4. The van der Waals surface area contributed by atoms with Gasteiger partial charge in [0.1, 0.15) is 5.69 Å². The summed E-state index contributed by atoms with van der Waals surface area (Å²) >= 11 is 0. The van der Waals surface area contributed by atoms with Gasteiger partial charge in [0.05, 0.1) is 23.5 Å². The molecule has 0 aliphatic heterocycles. The van der Waals surface area contributed by atoms with E-state index in [1.165, 1.54) is 14.0 Å². The lowest BCUT2D eigenvalue weighted by atomic mass is 10.1. The number of nitrogens with one attached hydrogen (secondary N) is 2. The molecule has 0 fully saturated rings. The fourth-order valence-electron chi connectivity index (χ4n) is 2.04. The standard InChI is InChI=1S/C16H20F3N3O6/c1-10(15(24)21-7-8-27-2)28-14(23)5-6-20-12-4-3-11(16(17,18)19)9-13(12)22(25)26/h3-4,9-10,20H,5-8H2,1-2H3,(H,21,24)/t10-/m0/s1. The van der Waals surface area contributed by atoms with E-state index in [-0.39, 0.29) is 25.2 Å². The highest BCUT2D eigenvalue weighted by Gasteiger charge is 2.33. The van der Waals surface area contributed by atoms with E-state index in [2.05, 4.69) is 10.6 Å². The smallest absolute Gasteiger partial charge is 0.416 e. The summed E-state index contributed by atoms with van der Waals surface area (Å²) in [6.45, 7) is 1.77. The summed E-state index contributed by atoms with van der Waals surface area (Å²) in [6.07, 6.45) is -6.02. The van der Waals surface area contributed by atoms with Crippen molar-refractivity contribution in [2.45, 2.75) is 25.6 Å². The molecule has 1 amide bonds. The molecule has 0 heterocycles. The van der Waals surface area contributed by atoms with Gasteiger partial charge in [0.25, 0.3) is 11.6 Å². The topological polar surface area (TPSA) is 120 Å². The summed E-state index contributed by atoms with van der Waals surface area (Å²) in [5, 5.41) is 16.0. The molecular weight excluding hydrogens is 387 g/mol. The third kappa shape index (κ3) is 7.39. The molecule has 12 heteroatoms. The molecule has 0 aromatic heterocycles. The van der Waals surface area contributed by atoms with E-state index in [1.54, 1.807) is 0 Å². The Morgan fingerprint density at radius 3 is 2.54 bits per heavy atom. The van der Waals surface area contributed by atoms with Crippen LogP contribution in [0.15, 0.2) is 18.2 Å². The molecule has 1 atom stereocenters. The molecule has 0 spiro atoms. The number of rotatable bonds is 10. The van der Waals surface area contributed by atoms with E-state index in [4.69, 9.17) is 9.47 Å². The third-order valence-corrected chi connectivity index (χ3v) is 3.45. The van der Waals surface area contributed by atoms with Crippen LogP contribution in [0.2, 0.25) is 0 Å². The second-order valence-corrected chi connectivity index (χ2v) is 5.58. The fraction of sp³-hybridized carbons (Fsp3) is 0.500. The third-order valence-electron chi connectivity index (χ3n) is 3.45. The minimum atomic E-state index is -4.72. The number of benzene rings is 1. The zero-order valence-electron chi connectivity index (χ0n) is 15.2. The largest absolute Gasteiger partial charge is 0.452 e. The molecule has 1 rings (SSSR count). The first kappa shape index (κ1) is 23.1. The number of amides is 1. The van der Waals surface area contributed by atoms with Crippen LogP contribution in [0.1, 0.15) is 18.9 Å². The van der Waals surface area contributed by atoms with Gasteiger partial charge in [-0.05, 0) is 19.1 Å². The van der Waals surface area contributed by atoms with Crippen molar-refractivity contribution in [1.82, 2.24) is 5.32 Å². The molecule has 0 aliphatic rings. The predicted molar refractivity (Wildman–Crippen MR) is 91.6 cm³/mol. The number of esters is 1. The minimum Gasteiger partial charge on any atom is -0.452 e. The molecule has 0 unspecified atom stereocenters. The van der Waals surface area contributed by atoms with Gasteiger partial charge in [-0.3, -0.25) is 19.7 Å². The van der Waals surface area contributed by atoms with Gasteiger partial charge in [-0.2, -0.15) is 13.2 Å². The van der Waals surface area contributed by atoms with E-state index in [0.29, 0.717) is 18.7 Å². The normalized spacial score (nSPS) is 12.2. The molecule has 28 heavy (non-hydrogen) atoms. The maximum absolute atomic E-state index is 12.7. The van der Waals surface area contributed by atoms with Gasteiger partial charge >= 0.3 is 12.1 Å². The first-order chi connectivity index (χ1) is 13.1. The number of nitro groups is 1. The molecule has 0 saturated carbocycles. The molecule has 0 bridgehead atoms. The highest BCUT2D eigenvalue weighted by molar-refractivity contribution is 5.83. The van der Waals surface area contributed by atoms with E-state index < -0.39 is 40.3 Å². The van der Waals surface area contributed by atoms with Crippen molar-refractivity contribution < 1.29 is 37.2 Å². The first-order valence-electron chi connectivity index (χ1n) is 8.12. The maximum Gasteiger partial charge on any atom is 0.416 e. The molecule has 2 N–H and O–H groups in total. The maximum atomic E-state index is 12.7. The van der Waals surface area contributed by atoms with Crippen LogP contribution in [0.5, 0.6) is 0 Å². The van der Waals surface area contributed by atoms with Gasteiger partial charge < -0.3 is 20.1 Å². The van der Waals surface area contributed by atoms with Crippen LogP contribution in [-0.4, -0.2) is 49.7 Å². The number of nitro benzene ring substituents is 1. The monoisotopic (exact) mass is 407 g/mol. The number of anilines is 1. The lowest BCUT2D eigenvalue weighted by molar-refractivity contribution is -0.384. The molecule has 1 aromatic carbocycles. The Labute approximate surface area is 158 Å². The Hall–Kier alpha value is -2.89. The zero-order valence-corrected chi connectivity index (χ0v) is 15.2. The summed E-state index contributed by atoms with van der Waals surface area (Å²) in [5.41, 5.74) is -2.09. The van der Waals surface area contributed by atoms with E-state index in [1.807, 2.05) is 0 Å². The fourth-order valence-corrected chi connectivity index (χ4v) is 2.04. The molecule has 9 nitrogen and oxygen atoms in total. The van der Waals surface area contributed by atoms with Crippen LogP contribution in [-0.2, 0) is 25.2 Å². The summed E-state index contributed by atoms with van der Waals surface area (Å²) in [5.74, 6) is -1.27. The van der Waals surface area contributed by atoms with E-state index in [0.717, 1.165) is 6.07 Å². The summed E-state index contributed by atoms with van der Waals surface area (Å²) in [7, 11) is 1.46.